The van der Waals surface area contributed by atoms with E-state index in [-0.39, 0.29) is 36.7 Å². The molecule has 1 aromatic heterocycles. The van der Waals surface area contributed by atoms with Gasteiger partial charge in [-0.15, -0.1) is 0 Å². The van der Waals surface area contributed by atoms with Crippen molar-refractivity contribution in [1.29, 1.82) is 0 Å². The molecule has 34 heavy (non-hydrogen) atoms. The first-order valence-electron chi connectivity index (χ1n) is 12.1. The molecule has 2 N–H and O–H groups in total. The van der Waals surface area contributed by atoms with Crippen LogP contribution >= 0.6 is 0 Å². The highest BCUT2D eigenvalue weighted by atomic mass is 19.4. The lowest BCUT2D eigenvalue weighted by atomic mass is 9.81. The van der Waals surface area contributed by atoms with E-state index < -0.39 is 17.2 Å². The fraction of sp³-hybridized carbons (Fsp3) is 0.750. The van der Waals surface area contributed by atoms with E-state index in [1.807, 2.05) is 6.92 Å². The quantitative estimate of drug-likeness (QED) is 0.589. The second-order valence-corrected chi connectivity index (χ2v) is 9.57. The Morgan fingerprint density at radius 1 is 1.35 bits per heavy atom. The van der Waals surface area contributed by atoms with E-state index in [9.17, 15) is 18.0 Å². The van der Waals surface area contributed by atoms with Crippen LogP contribution in [0.4, 0.5) is 13.2 Å². The fourth-order valence-corrected chi connectivity index (χ4v) is 5.59. The van der Waals surface area contributed by atoms with Crippen LogP contribution < -0.4 is 10.6 Å². The number of fused-ring (bicyclic) bond motifs is 1. The molecule has 4 rings (SSSR count). The van der Waals surface area contributed by atoms with Crippen LogP contribution in [0.25, 0.3) is 0 Å². The van der Waals surface area contributed by atoms with E-state index in [0.29, 0.717) is 56.8 Å². The smallest absolute Gasteiger partial charge is 0.379 e. The van der Waals surface area contributed by atoms with Gasteiger partial charge in [0.2, 0.25) is 5.91 Å². The highest BCUT2D eigenvalue weighted by molar-refractivity contribution is 5.84. The molecule has 0 radical (unpaired) electrons. The standard InChI is InChI=1S/C24H34F3N3O4/c1-3-4-18-15(9-16(13-28-18)24(25,26)27)12-29-22(31)23-6-8-34-21(23)10-17(11-23)30-19-5-7-33-14-20(19)32-2/h9,13,17,19-21,30H,3-8,10-12,14H2,1-2H3,(H,29,31)/t17-,19?,20-,21-,23-/m1/s1. The molecule has 0 spiro atoms. The summed E-state index contributed by atoms with van der Waals surface area (Å²) in [6.45, 7) is 3.68. The Bertz CT molecular complexity index is 868. The number of nitrogens with one attached hydrogen (secondary N) is 2. The Balaban J connectivity index is 1.44. The Morgan fingerprint density at radius 2 is 2.18 bits per heavy atom. The SMILES string of the molecule is CCCc1ncc(C(F)(F)F)cc1CNC(=O)[C@@]12CCO[C@@H]1C[C@@H](NC1CCOC[C@H]1OC)C2. The van der Waals surface area contributed by atoms with E-state index in [1.165, 1.54) is 0 Å². The highest BCUT2D eigenvalue weighted by Crippen LogP contribution is 2.48. The Hall–Kier alpha value is -1.75. The summed E-state index contributed by atoms with van der Waals surface area (Å²) in [6, 6.07) is 1.35. The van der Waals surface area contributed by atoms with Crippen molar-refractivity contribution in [2.45, 2.75) is 82.5 Å². The van der Waals surface area contributed by atoms with E-state index in [2.05, 4.69) is 15.6 Å². The number of hydrogen-bond donors (Lipinski definition) is 2. The zero-order valence-electron chi connectivity index (χ0n) is 19.7. The Kier molecular flexibility index (Phi) is 7.81. The number of methoxy groups -OCH3 is 1. The topological polar surface area (TPSA) is 81.7 Å². The minimum Gasteiger partial charge on any atom is -0.379 e. The summed E-state index contributed by atoms with van der Waals surface area (Å²) in [6.07, 6.45) is 0.229. The maximum atomic E-state index is 13.4. The van der Waals surface area contributed by atoms with Crippen molar-refractivity contribution in [2.75, 3.05) is 26.9 Å². The molecule has 2 saturated heterocycles. The number of ether oxygens (including phenoxy) is 3. The normalized spacial score (nSPS) is 31.4. The van der Waals surface area contributed by atoms with Crippen LogP contribution in [0.1, 0.15) is 55.8 Å². The molecule has 190 valence electrons. The van der Waals surface area contributed by atoms with Crippen LogP contribution in [0.3, 0.4) is 0 Å². The van der Waals surface area contributed by atoms with Gasteiger partial charge in [-0.1, -0.05) is 13.3 Å². The number of aryl methyl sites for hydroxylation is 1. The van der Waals surface area contributed by atoms with E-state index in [4.69, 9.17) is 14.2 Å². The number of amides is 1. The monoisotopic (exact) mass is 485 g/mol. The molecule has 1 aliphatic carbocycles. The molecular weight excluding hydrogens is 451 g/mol. The molecule has 3 heterocycles. The predicted molar refractivity (Wildman–Crippen MR) is 118 cm³/mol. The third kappa shape index (κ3) is 5.24. The number of nitrogens with zero attached hydrogens (tertiary/aromatic N) is 1. The molecule has 1 amide bonds. The zero-order chi connectivity index (χ0) is 24.3. The van der Waals surface area contributed by atoms with Crippen LogP contribution in [-0.2, 0) is 38.1 Å². The van der Waals surface area contributed by atoms with Crippen LogP contribution in [-0.4, -0.2) is 62.1 Å². The minimum atomic E-state index is -4.48. The molecular formula is C24H34F3N3O4. The number of rotatable bonds is 8. The third-order valence-electron chi connectivity index (χ3n) is 7.42. The van der Waals surface area contributed by atoms with Gasteiger partial charge in [0.25, 0.3) is 0 Å². The molecule has 7 nitrogen and oxygen atoms in total. The van der Waals surface area contributed by atoms with Crippen molar-refractivity contribution in [1.82, 2.24) is 15.6 Å². The number of carbonyl (C=O) groups excluding carboxylic acids is 1. The predicted octanol–water partition coefficient (Wildman–Crippen LogP) is 3.00. The summed E-state index contributed by atoms with van der Waals surface area (Å²) in [7, 11) is 1.67. The summed E-state index contributed by atoms with van der Waals surface area (Å²) >= 11 is 0. The van der Waals surface area contributed by atoms with Crippen LogP contribution in [0.15, 0.2) is 12.3 Å². The first-order valence-corrected chi connectivity index (χ1v) is 12.1. The summed E-state index contributed by atoms with van der Waals surface area (Å²) < 4.78 is 56.7. The molecule has 10 heteroatoms. The number of carbonyl (C=O) groups is 1. The highest BCUT2D eigenvalue weighted by Gasteiger charge is 2.56. The number of alkyl halides is 3. The van der Waals surface area contributed by atoms with Gasteiger partial charge in [0, 0.05) is 50.8 Å². The van der Waals surface area contributed by atoms with E-state index in [0.717, 1.165) is 25.1 Å². The molecule has 1 saturated carbocycles. The van der Waals surface area contributed by atoms with E-state index in [1.54, 1.807) is 7.11 Å². The van der Waals surface area contributed by atoms with Gasteiger partial charge in [-0.25, -0.2) is 0 Å². The maximum absolute atomic E-state index is 13.4. The first-order chi connectivity index (χ1) is 16.3. The molecule has 1 unspecified atom stereocenters. The average Bonchev–Trinajstić information content (AvgIpc) is 3.36. The van der Waals surface area contributed by atoms with Crippen molar-refractivity contribution in [2.24, 2.45) is 5.41 Å². The second-order valence-electron chi connectivity index (χ2n) is 9.57. The molecule has 5 atom stereocenters. The molecule has 0 bridgehead atoms. The van der Waals surface area contributed by atoms with Gasteiger partial charge in [-0.2, -0.15) is 13.2 Å². The van der Waals surface area contributed by atoms with Crippen molar-refractivity contribution >= 4 is 5.91 Å². The lowest BCUT2D eigenvalue weighted by Crippen LogP contribution is -2.51. The summed E-state index contributed by atoms with van der Waals surface area (Å²) in [5.41, 5.74) is -0.477. The number of aromatic nitrogens is 1. The second kappa shape index (κ2) is 10.5. The first kappa shape index (κ1) is 25.3. The van der Waals surface area contributed by atoms with Gasteiger partial charge in [0.15, 0.2) is 0 Å². The third-order valence-corrected chi connectivity index (χ3v) is 7.42. The van der Waals surface area contributed by atoms with E-state index >= 15 is 0 Å². The van der Waals surface area contributed by atoms with Gasteiger partial charge >= 0.3 is 6.18 Å². The van der Waals surface area contributed by atoms with Crippen molar-refractivity contribution in [3.05, 3.63) is 29.1 Å². The van der Waals surface area contributed by atoms with Gasteiger partial charge in [-0.05, 0) is 43.7 Å². The lowest BCUT2D eigenvalue weighted by molar-refractivity contribution is -0.137. The van der Waals surface area contributed by atoms with Gasteiger partial charge in [0.05, 0.1) is 29.8 Å². The Morgan fingerprint density at radius 3 is 2.91 bits per heavy atom. The van der Waals surface area contributed by atoms with Gasteiger partial charge in [-0.3, -0.25) is 9.78 Å². The fourth-order valence-electron chi connectivity index (χ4n) is 5.59. The number of pyridine rings is 1. The summed E-state index contributed by atoms with van der Waals surface area (Å²) in [4.78, 5) is 17.5. The minimum absolute atomic E-state index is 0.0172. The zero-order valence-corrected chi connectivity index (χ0v) is 19.7. The van der Waals surface area contributed by atoms with Crippen LogP contribution in [0.2, 0.25) is 0 Å². The average molecular weight is 486 g/mol. The summed E-state index contributed by atoms with van der Waals surface area (Å²) in [5, 5.41) is 6.58. The van der Waals surface area contributed by atoms with Crippen LogP contribution in [0.5, 0.6) is 0 Å². The van der Waals surface area contributed by atoms with Gasteiger partial charge in [0.1, 0.15) is 0 Å². The van der Waals surface area contributed by atoms with Crippen molar-refractivity contribution in [3.8, 4) is 0 Å². The number of hydrogen-bond acceptors (Lipinski definition) is 6. The Labute approximate surface area is 198 Å². The largest absolute Gasteiger partial charge is 0.417 e. The van der Waals surface area contributed by atoms with Gasteiger partial charge < -0.3 is 24.8 Å². The number of halogens is 3. The van der Waals surface area contributed by atoms with Crippen molar-refractivity contribution < 1.29 is 32.2 Å². The molecule has 2 aliphatic heterocycles. The lowest BCUT2D eigenvalue weighted by Gasteiger charge is -2.33. The summed E-state index contributed by atoms with van der Waals surface area (Å²) in [5.74, 6) is -0.158. The van der Waals surface area contributed by atoms with Crippen molar-refractivity contribution in [3.63, 3.8) is 0 Å². The molecule has 3 fully saturated rings. The maximum Gasteiger partial charge on any atom is 0.417 e. The molecule has 3 aliphatic rings. The molecule has 1 aromatic rings. The molecule has 0 aromatic carbocycles. The van der Waals surface area contributed by atoms with Crippen LogP contribution in [0, 0.1) is 5.41 Å².